The highest BCUT2D eigenvalue weighted by Crippen LogP contribution is 2.18. The van der Waals surface area contributed by atoms with Crippen LogP contribution in [0.1, 0.15) is 78.6 Å². The van der Waals surface area contributed by atoms with Crippen LogP contribution in [0.5, 0.6) is 0 Å². The SMILES string of the molecule is CCC(CO)(CO)CO.CCCCC(=O)O.CCCCCCC(=O)O. The molecular weight excluding hydrogens is 328 g/mol. The second kappa shape index (κ2) is 20.9. The Hall–Kier alpha value is -1.18. The molecule has 0 unspecified atom stereocenters. The van der Waals surface area contributed by atoms with Crippen LogP contribution in [0, 0.1) is 5.41 Å². The molecule has 0 aromatic rings. The number of hydrogen-bond donors (Lipinski definition) is 5. The summed E-state index contributed by atoms with van der Waals surface area (Å²) >= 11 is 0. The van der Waals surface area contributed by atoms with E-state index in [1.807, 2.05) is 13.8 Å². The summed E-state index contributed by atoms with van der Waals surface area (Å²) in [5.74, 6) is -1.37. The Bertz CT molecular complexity index is 284. The van der Waals surface area contributed by atoms with Crippen molar-refractivity contribution in [1.82, 2.24) is 0 Å². The number of carbonyl (C=O) groups is 2. The summed E-state index contributed by atoms with van der Waals surface area (Å²) in [6.07, 6.45) is 7.23. The van der Waals surface area contributed by atoms with Crippen molar-refractivity contribution in [3.8, 4) is 0 Å². The Morgan fingerprint density at radius 3 is 1.28 bits per heavy atom. The van der Waals surface area contributed by atoms with E-state index in [-0.39, 0.29) is 19.8 Å². The predicted molar refractivity (Wildman–Crippen MR) is 97.5 cm³/mol. The molecule has 0 aliphatic rings. The summed E-state index contributed by atoms with van der Waals surface area (Å²) in [6.45, 7) is 5.44. The summed E-state index contributed by atoms with van der Waals surface area (Å²) in [4.78, 5) is 19.7. The molecule has 0 aromatic heterocycles. The van der Waals surface area contributed by atoms with Gasteiger partial charge in [-0.3, -0.25) is 9.59 Å². The summed E-state index contributed by atoms with van der Waals surface area (Å²) in [5, 5.41) is 42.2. The first-order chi connectivity index (χ1) is 11.8. The van der Waals surface area contributed by atoms with Crippen molar-refractivity contribution in [2.75, 3.05) is 19.8 Å². The van der Waals surface area contributed by atoms with Gasteiger partial charge in [0, 0.05) is 18.3 Å². The molecule has 7 heteroatoms. The van der Waals surface area contributed by atoms with Crippen molar-refractivity contribution in [3.63, 3.8) is 0 Å². The van der Waals surface area contributed by atoms with Gasteiger partial charge < -0.3 is 25.5 Å². The minimum absolute atomic E-state index is 0.156. The zero-order chi connectivity index (χ0) is 20.1. The number of aliphatic carboxylic acids is 2. The molecule has 5 N–H and O–H groups in total. The van der Waals surface area contributed by atoms with Crippen molar-refractivity contribution in [2.45, 2.75) is 78.6 Å². The molecular formula is C18H38O7. The van der Waals surface area contributed by atoms with Crippen molar-refractivity contribution in [1.29, 1.82) is 0 Å². The zero-order valence-electron chi connectivity index (χ0n) is 16.0. The van der Waals surface area contributed by atoms with E-state index in [1.165, 1.54) is 6.42 Å². The first-order valence-corrected chi connectivity index (χ1v) is 9.05. The van der Waals surface area contributed by atoms with Crippen LogP contribution in [-0.4, -0.2) is 57.3 Å². The van der Waals surface area contributed by atoms with E-state index >= 15 is 0 Å². The number of unbranched alkanes of at least 4 members (excludes halogenated alkanes) is 4. The predicted octanol–water partition coefficient (Wildman–Crippen LogP) is 2.66. The maximum atomic E-state index is 9.96. The van der Waals surface area contributed by atoms with E-state index in [0.717, 1.165) is 32.1 Å². The lowest BCUT2D eigenvalue weighted by Gasteiger charge is -2.24. The highest BCUT2D eigenvalue weighted by molar-refractivity contribution is 5.66. The molecule has 0 bridgehead atoms. The van der Waals surface area contributed by atoms with Gasteiger partial charge in [-0.1, -0.05) is 46.5 Å². The molecule has 0 radical (unpaired) electrons. The second-order valence-corrected chi connectivity index (χ2v) is 6.03. The van der Waals surface area contributed by atoms with Crippen LogP contribution in [-0.2, 0) is 9.59 Å². The quantitative estimate of drug-likeness (QED) is 0.335. The molecule has 0 aromatic carbocycles. The van der Waals surface area contributed by atoms with Crippen LogP contribution < -0.4 is 0 Å². The van der Waals surface area contributed by atoms with E-state index in [1.54, 1.807) is 0 Å². The van der Waals surface area contributed by atoms with Crippen LogP contribution in [0.25, 0.3) is 0 Å². The fourth-order valence-electron chi connectivity index (χ4n) is 1.52. The summed E-state index contributed by atoms with van der Waals surface area (Å²) in [6, 6.07) is 0. The average Bonchev–Trinajstić information content (AvgIpc) is 2.60. The van der Waals surface area contributed by atoms with Gasteiger partial charge in [-0.2, -0.15) is 0 Å². The standard InChI is InChI=1S/C7H14O2.C6H14O3.C5H10O2/c1-2-3-4-5-6-7(8)9;1-2-6(3-7,4-8)5-9;1-2-3-4-5(6)7/h2-6H2,1H3,(H,8,9);7-9H,2-5H2,1H3;2-4H2,1H3,(H,6,7). The van der Waals surface area contributed by atoms with Crippen LogP contribution in [0.2, 0.25) is 0 Å². The van der Waals surface area contributed by atoms with Gasteiger partial charge in [0.15, 0.2) is 0 Å². The van der Waals surface area contributed by atoms with Crippen LogP contribution in [0.3, 0.4) is 0 Å². The number of aliphatic hydroxyl groups is 3. The Balaban J connectivity index is -0.000000293. The summed E-state index contributed by atoms with van der Waals surface area (Å²) in [5.41, 5.74) is -0.667. The topological polar surface area (TPSA) is 135 Å². The second-order valence-electron chi connectivity index (χ2n) is 6.03. The molecule has 0 spiro atoms. The third-order valence-electron chi connectivity index (χ3n) is 3.74. The molecule has 25 heavy (non-hydrogen) atoms. The fourth-order valence-corrected chi connectivity index (χ4v) is 1.52. The molecule has 0 saturated heterocycles. The molecule has 152 valence electrons. The maximum absolute atomic E-state index is 9.96. The maximum Gasteiger partial charge on any atom is 0.303 e. The van der Waals surface area contributed by atoms with Gasteiger partial charge in [-0.25, -0.2) is 0 Å². The normalized spacial score (nSPS) is 10.2. The lowest BCUT2D eigenvalue weighted by Crippen LogP contribution is -2.32. The largest absolute Gasteiger partial charge is 0.481 e. The minimum Gasteiger partial charge on any atom is -0.481 e. The minimum atomic E-state index is -0.693. The van der Waals surface area contributed by atoms with Gasteiger partial charge in [0.1, 0.15) is 0 Å². The number of hydrogen-bond acceptors (Lipinski definition) is 5. The van der Waals surface area contributed by atoms with Crippen LogP contribution in [0.15, 0.2) is 0 Å². The highest BCUT2D eigenvalue weighted by Gasteiger charge is 2.24. The molecule has 0 fully saturated rings. The van der Waals surface area contributed by atoms with Crippen LogP contribution in [0.4, 0.5) is 0 Å². The van der Waals surface area contributed by atoms with Crippen molar-refractivity contribution in [3.05, 3.63) is 0 Å². The Morgan fingerprint density at radius 2 is 1.08 bits per heavy atom. The van der Waals surface area contributed by atoms with Crippen molar-refractivity contribution >= 4 is 11.9 Å². The van der Waals surface area contributed by atoms with Crippen molar-refractivity contribution < 1.29 is 35.1 Å². The van der Waals surface area contributed by atoms with E-state index in [2.05, 4.69) is 6.92 Å². The molecule has 0 aliphatic heterocycles. The van der Waals surface area contributed by atoms with Gasteiger partial charge in [0.25, 0.3) is 0 Å². The van der Waals surface area contributed by atoms with Gasteiger partial charge in [-0.05, 0) is 19.3 Å². The first kappa shape index (κ1) is 28.6. The van der Waals surface area contributed by atoms with E-state index < -0.39 is 17.4 Å². The third kappa shape index (κ3) is 22.8. The fraction of sp³-hybridized carbons (Fsp3) is 0.889. The molecule has 0 heterocycles. The molecule has 0 aliphatic carbocycles. The van der Waals surface area contributed by atoms with E-state index in [0.29, 0.717) is 19.3 Å². The lowest BCUT2D eigenvalue weighted by atomic mass is 9.88. The molecule has 0 amide bonds. The van der Waals surface area contributed by atoms with Crippen molar-refractivity contribution in [2.24, 2.45) is 5.41 Å². The summed E-state index contributed by atoms with van der Waals surface area (Å²) < 4.78 is 0. The smallest absolute Gasteiger partial charge is 0.303 e. The number of carboxylic acid groups (broad SMARTS) is 2. The third-order valence-corrected chi connectivity index (χ3v) is 3.74. The Morgan fingerprint density at radius 1 is 0.680 bits per heavy atom. The van der Waals surface area contributed by atoms with Gasteiger partial charge in [0.2, 0.25) is 0 Å². The molecule has 0 rings (SSSR count). The zero-order valence-corrected chi connectivity index (χ0v) is 16.0. The average molecular weight is 366 g/mol. The first-order valence-electron chi connectivity index (χ1n) is 9.05. The number of aliphatic hydroxyl groups excluding tert-OH is 3. The highest BCUT2D eigenvalue weighted by atomic mass is 16.4. The number of rotatable bonds is 12. The number of carboxylic acids is 2. The monoisotopic (exact) mass is 366 g/mol. The van der Waals surface area contributed by atoms with Gasteiger partial charge in [-0.15, -0.1) is 0 Å². The summed E-state index contributed by atoms with van der Waals surface area (Å²) in [7, 11) is 0. The van der Waals surface area contributed by atoms with Crippen LogP contribution >= 0.6 is 0 Å². The van der Waals surface area contributed by atoms with E-state index in [9.17, 15) is 9.59 Å². The lowest BCUT2D eigenvalue weighted by molar-refractivity contribution is -0.138. The molecule has 0 saturated carbocycles. The Labute approximate surface area is 151 Å². The van der Waals surface area contributed by atoms with Gasteiger partial charge >= 0.3 is 11.9 Å². The molecule has 0 atom stereocenters. The van der Waals surface area contributed by atoms with Gasteiger partial charge in [0.05, 0.1) is 19.8 Å². The molecule has 7 nitrogen and oxygen atoms in total. The van der Waals surface area contributed by atoms with E-state index in [4.69, 9.17) is 25.5 Å². The Kier molecular flexibility index (Phi) is 23.9.